The van der Waals surface area contributed by atoms with E-state index in [1.165, 1.54) is 12.1 Å². The van der Waals surface area contributed by atoms with Crippen LogP contribution in [0.3, 0.4) is 0 Å². The van der Waals surface area contributed by atoms with E-state index in [-0.39, 0.29) is 17.0 Å². The number of hydrogen-bond donors (Lipinski definition) is 3. The van der Waals surface area contributed by atoms with Gasteiger partial charge in [0.05, 0.1) is 5.56 Å². The zero-order valence-corrected chi connectivity index (χ0v) is 11.6. The molecular weight excluding hydrogens is 308 g/mol. The topological polar surface area (TPSA) is 127 Å². The van der Waals surface area contributed by atoms with Gasteiger partial charge in [-0.2, -0.15) is 9.98 Å². The van der Waals surface area contributed by atoms with Gasteiger partial charge >= 0.3 is 5.97 Å². The van der Waals surface area contributed by atoms with E-state index in [0.717, 1.165) is 6.07 Å². The van der Waals surface area contributed by atoms with Crippen molar-refractivity contribution in [3.05, 3.63) is 28.8 Å². The fourth-order valence-corrected chi connectivity index (χ4v) is 3.07. The third-order valence-corrected chi connectivity index (χ3v) is 4.11. The van der Waals surface area contributed by atoms with Gasteiger partial charge in [0.25, 0.3) is 0 Å². The minimum atomic E-state index is -4.24. The number of aliphatic carboxylic acids is 1. The van der Waals surface area contributed by atoms with Crippen molar-refractivity contribution in [3.63, 3.8) is 0 Å². The first-order valence-electron chi connectivity index (χ1n) is 5.37. The van der Waals surface area contributed by atoms with Crippen molar-refractivity contribution in [1.29, 1.82) is 5.26 Å². The van der Waals surface area contributed by atoms with Crippen LogP contribution in [0.25, 0.3) is 0 Å². The van der Waals surface area contributed by atoms with Crippen LogP contribution in [0.4, 0.5) is 0 Å². The highest BCUT2D eigenvalue weighted by atomic mass is 35.5. The molecule has 20 heavy (non-hydrogen) atoms. The molecule has 0 radical (unpaired) electrons. The van der Waals surface area contributed by atoms with E-state index in [1.54, 1.807) is 6.07 Å². The molecule has 0 saturated carbocycles. The molecule has 0 heterocycles. The quantitative estimate of drug-likeness (QED) is 0.693. The van der Waals surface area contributed by atoms with Gasteiger partial charge in [0.15, 0.2) is 0 Å². The number of sulfonamides is 1. The molecule has 0 saturated heterocycles. The third kappa shape index (κ3) is 3.91. The minimum absolute atomic E-state index is 0.0957. The number of aliphatic hydroxyl groups excluding tert-OH is 1. The van der Waals surface area contributed by atoms with Gasteiger partial charge in [-0.25, -0.2) is 8.42 Å². The lowest BCUT2D eigenvalue weighted by Gasteiger charge is -2.14. The molecule has 1 aromatic carbocycles. The van der Waals surface area contributed by atoms with Gasteiger partial charge < -0.3 is 10.2 Å². The van der Waals surface area contributed by atoms with Gasteiger partial charge in [-0.3, -0.25) is 4.79 Å². The number of hydrogen-bond acceptors (Lipinski definition) is 5. The van der Waals surface area contributed by atoms with Gasteiger partial charge in [-0.1, -0.05) is 11.6 Å². The predicted molar refractivity (Wildman–Crippen MR) is 69.6 cm³/mol. The molecule has 1 aromatic rings. The molecule has 9 heteroatoms. The zero-order valence-electron chi connectivity index (χ0n) is 10.1. The monoisotopic (exact) mass is 318 g/mol. The van der Waals surface area contributed by atoms with E-state index in [2.05, 4.69) is 0 Å². The number of nitriles is 1. The average Bonchev–Trinajstić information content (AvgIpc) is 2.38. The summed E-state index contributed by atoms with van der Waals surface area (Å²) in [5, 5.41) is 26.6. The summed E-state index contributed by atoms with van der Waals surface area (Å²) in [6.07, 6.45) is -0.295. The van der Waals surface area contributed by atoms with Crippen LogP contribution >= 0.6 is 11.6 Å². The molecule has 0 aliphatic rings. The Hall–Kier alpha value is -1.66. The summed E-state index contributed by atoms with van der Waals surface area (Å²) >= 11 is 5.68. The maximum Gasteiger partial charge on any atom is 0.321 e. The number of halogens is 1. The van der Waals surface area contributed by atoms with Crippen LogP contribution < -0.4 is 4.72 Å². The predicted octanol–water partition coefficient (Wildman–Crippen LogP) is 0.326. The summed E-state index contributed by atoms with van der Waals surface area (Å²) in [5.74, 6) is -1.43. The van der Waals surface area contributed by atoms with Crippen LogP contribution in [-0.4, -0.2) is 37.2 Å². The minimum Gasteiger partial charge on any atom is -0.480 e. The number of carboxylic acid groups (broad SMARTS) is 1. The highest BCUT2D eigenvalue weighted by Crippen LogP contribution is 2.20. The van der Waals surface area contributed by atoms with Crippen molar-refractivity contribution >= 4 is 27.6 Å². The first kappa shape index (κ1) is 16.4. The lowest BCUT2D eigenvalue weighted by Crippen LogP contribution is -2.41. The number of benzene rings is 1. The molecule has 0 bridgehead atoms. The molecule has 7 nitrogen and oxygen atoms in total. The van der Waals surface area contributed by atoms with Crippen LogP contribution in [0, 0.1) is 11.3 Å². The summed E-state index contributed by atoms with van der Waals surface area (Å²) in [4.78, 5) is 10.5. The number of carbonyl (C=O) groups is 1. The standard InChI is InChI=1S/C11H11ClN2O5S/c12-8-2-1-7(6-13)10(5-8)20(18,19)14-9(3-4-15)11(16)17/h1-2,5,9,14-15H,3-4H2,(H,16,17)/t9-/m0/s1. The summed E-state index contributed by atoms with van der Waals surface area (Å²) in [6, 6.07) is 3.82. The van der Waals surface area contributed by atoms with Gasteiger partial charge in [-0.15, -0.1) is 0 Å². The van der Waals surface area contributed by atoms with Gasteiger partial charge in [0.1, 0.15) is 17.0 Å². The molecule has 0 amide bonds. The summed E-state index contributed by atoms with van der Waals surface area (Å²) < 4.78 is 26.1. The summed E-state index contributed by atoms with van der Waals surface area (Å²) in [5.41, 5.74) is -0.157. The Bertz CT molecular complexity index is 653. The van der Waals surface area contributed by atoms with Crippen LogP contribution in [0.2, 0.25) is 5.02 Å². The highest BCUT2D eigenvalue weighted by molar-refractivity contribution is 7.89. The van der Waals surface area contributed by atoms with E-state index >= 15 is 0 Å². The van der Waals surface area contributed by atoms with Crippen LogP contribution in [-0.2, 0) is 14.8 Å². The first-order valence-corrected chi connectivity index (χ1v) is 7.23. The Kier molecular flexibility index (Phi) is 5.47. The van der Waals surface area contributed by atoms with Crippen LogP contribution in [0.15, 0.2) is 23.1 Å². The van der Waals surface area contributed by atoms with Crippen LogP contribution in [0.1, 0.15) is 12.0 Å². The van der Waals surface area contributed by atoms with Crippen molar-refractivity contribution in [2.24, 2.45) is 0 Å². The summed E-state index contributed by atoms with van der Waals surface area (Å²) in [7, 11) is -4.24. The Morgan fingerprint density at radius 2 is 2.15 bits per heavy atom. The first-order chi connectivity index (χ1) is 9.31. The van der Waals surface area contributed by atoms with Crippen molar-refractivity contribution in [3.8, 4) is 6.07 Å². The van der Waals surface area contributed by atoms with Crippen molar-refractivity contribution in [2.75, 3.05) is 6.61 Å². The number of aliphatic hydroxyl groups is 1. The van der Waals surface area contributed by atoms with E-state index in [4.69, 9.17) is 27.1 Å². The van der Waals surface area contributed by atoms with Crippen LogP contribution in [0.5, 0.6) is 0 Å². The maximum atomic E-state index is 12.1. The van der Waals surface area contributed by atoms with Crippen molar-refractivity contribution < 1.29 is 23.4 Å². The molecule has 3 N–H and O–H groups in total. The number of nitrogens with one attached hydrogen (secondary N) is 1. The smallest absolute Gasteiger partial charge is 0.321 e. The number of rotatable bonds is 6. The fourth-order valence-electron chi connectivity index (χ4n) is 1.42. The Balaban J connectivity index is 3.20. The molecule has 1 atom stereocenters. The molecule has 0 spiro atoms. The summed E-state index contributed by atoms with van der Waals surface area (Å²) in [6.45, 7) is -0.500. The van der Waals surface area contributed by atoms with E-state index in [1.807, 2.05) is 4.72 Å². The highest BCUT2D eigenvalue weighted by Gasteiger charge is 2.27. The average molecular weight is 319 g/mol. The second kappa shape index (κ2) is 6.67. The molecule has 0 unspecified atom stereocenters. The third-order valence-electron chi connectivity index (χ3n) is 2.37. The van der Waals surface area contributed by atoms with Gasteiger partial charge in [0.2, 0.25) is 10.0 Å². The number of carboxylic acids is 1. The van der Waals surface area contributed by atoms with E-state index in [0.29, 0.717) is 0 Å². The van der Waals surface area contributed by atoms with E-state index < -0.39 is 33.5 Å². The zero-order chi connectivity index (χ0) is 15.3. The molecule has 108 valence electrons. The largest absolute Gasteiger partial charge is 0.480 e. The molecule has 0 aliphatic carbocycles. The normalized spacial score (nSPS) is 12.7. The fraction of sp³-hybridized carbons (Fsp3) is 0.273. The number of nitrogens with zero attached hydrogens (tertiary/aromatic N) is 1. The molecule has 0 aliphatic heterocycles. The Morgan fingerprint density at radius 1 is 1.50 bits per heavy atom. The molecule has 1 rings (SSSR count). The maximum absolute atomic E-state index is 12.1. The Labute approximate surface area is 120 Å². The second-order valence-electron chi connectivity index (χ2n) is 3.78. The SMILES string of the molecule is N#Cc1ccc(Cl)cc1S(=O)(=O)N[C@@H](CCO)C(=O)O. The van der Waals surface area contributed by atoms with Gasteiger partial charge in [0, 0.05) is 11.6 Å². The van der Waals surface area contributed by atoms with Crippen molar-refractivity contribution in [1.82, 2.24) is 4.72 Å². The molecular formula is C11H11ClN2O5S. The van der Waals surface area contributed by atoms with Crippen molar-refractivity contribution in [2.45, 2.75) is 17.4 Å². The lowest BCUT2D eigenvalue weighted by atomic mass is 10.2. The molecule has 0 aromatic heterocycles. The van der Waals surface area contributed by atoms with E-state index in [9.17, 15) is 13.2 Å². The lowest BCUT2D eigenvalue weighted by molar-refractivity contribution is -0.139. The second-order valence-corrected chi connectivity index (χ2v) is 5.90. The molecule has 0 fully saturated rings. The van der Waals surface area contributed by atoms with Gasteiger partial charge in [-0.05, 0) is 24.6 Å². The Morgan fingerprint density at radius 3 is 2.65 bits per heavy atom.